The van der Waals surface area contributed by atoms with Gasteiger partial charge in [0, 0.05) is 5.56 Å². The Morgan fingerprint density at radius 3 is 2.42 bits per heavy atom. The lowest BCUT2D eigenvalue weighted by atomic mass is 10.00. The molecule has 3 aromatic carbocycles. The minimum absolute atomic E-state index is 0.0883. The molecule has 1 aromatic heterocycles. The zero-order valence-electron chi connectivity index (χ0n) is 17.2. The molecular weight excluding hydrogens is 392 g/mol. The molecule has 0 fully saturated rings. The normalized spacial score (nSPS) is 10.6. The van der Waals surface area contributed by atoms with Gasteiger partial charge in [-0.3, -0.25) is 0 Å². The largest absolute Gasteiger partial charge is 0.497 e. The Balaban J connectivity index is 1.38. The van der Waals surface area contributed by atoms with Gasteiger partial charge in [0.05, 0.1) is 12.7 Å². The van der Waals surface area contributed by atoms with E-state index in [1.165, 1.54) is 5.56 Å². The molecule has 0 N–H and O–H groups in total. The van der Waals surface area contributed by atoms with Gasteiger partial charge in [-0.2, -0.15) is 4.98 Å². The summed E-state index contributed by atoms with van der Waals surface area (Å²) in [6, 6.07) is 25.0. The molecule has 0 bridgehead atoms. The second kappa shape index (κ2) is 9.71. The van der Waals surface area contributed by atoms with E-state index in [1.54, 1.807) is 13.2 Å². The second-order valence-electron chi connectivity index (χ2n) is 6.96. The standard InChI is InChI=1S/C25H22N2O4/c1-29-21-15-13-20(14-16-21)24-26-23(31-27-24)17-30-25(28)22-10-6-5-9-19(22)12-11-18-7-3-2-4-8-18/h2-10,13-16H,11-12,17H2,1H3. The summed E-state index contributed by atoms with van der Waals surface area (Å²) in [5.74, 6) is 0.998. The minimum atomic E-state index is -0.409. The lowest BCUT2D eigenvalue weighted by Gasteiger charge is -2.09. The molecule has 0 radical (unpaired) electrons. The van der Waals surface area contributed by atoms with Gasteiger partial charge in [-0.25, -0.2) is 4.79 Å². The van der Waals surface area contributed by atoms with Crippen molar-refractivity contribution in [3.8, 4) is 17.1 Å². The summed E-state index contributed by atoms with van der Waals surface area (Å²) in [6.07, 6.45) is 1.59. The SMILES string of the molecule is COc1ccc(-c2noc(COC(=O)c3ccccc3CCc3ccccc3)n2)cc1. The summed E-state index contributed by atoms with van der Waals surface area (Å²) < 4.78 is 15.8. The number of hydrogen-bond donors (Lipinski definition) is 0. The van der Waals surface area contributed by atoms with Crippen molar-refractivity contribution in [2.75, 3.05) is 7.11 Å². The van der Waals surface area contributed by atoms with E-state index < -0.39 is 5.97 Å². The molecule has 0 unspecified atom stereocenters. The van der Waals surface area contributed by atoms with E-state index >= 15 is 0 Å². The van der Waals surface area contributed by atoms with Crippen molar-refractivity contribution in [3.63, 3.8) is 0 Å². The Morgan fingerprint density at radius 2 is 1.65 bits per heavy atom. The highest BCUT2D eigenvalue weighted by Crippen LogP contribution is 2.20. The van der Waals surface area contributed by atoms with Crippen LogP contribution < -0.4 is 4.74 Å². The molecule has 0 aliphatic heterocycles. The third-order valence-electron chi connectivity index (χ3n) is 4.91. The third kappa shape index (κ3) is 5.17. The second-order valence-corrected chi connectivity index (χ2v) is 6.96. The number of carbonyl (C=O) groups is 1. The minimum Gasteiger partial charge on any atom is -0.497 e. The average molecular weight is 414 g/mol. The van der Waals surface area contributed by atoms with E-state index in [2.05, 4.69) is 22.3 Å². The van der Waals surface area contributed by atoms with Crippen LogP contribution in [-0.4, -0.2) is 23.2 Å². The Morgan fingerprint density at radius 1 is 0.903 bits per heavy atom. The van der Waals surface area contributed by atoms with Crippen molar-refractivity contribution in [1.29, 1.82) is 0 Å². The van der Waals surface area contributed by atoms with Crippen molar-refractivity contribution in [2.45, 2.75) is 19.4 Å². The summed E-state index contributed by atoms with van der Waals surface area (Å²) >= 11 is 0. The Kier molecular flexibility index (Phi) is 6.38. The first-order valence-electron chi connectivity index (χ1n) is 9.99. The summed E-state index contributed by atoms with van der Waals surface area (Å²) in [7, 11) is 1.61. The predicted molar refractivity (Wildman–Crippen MR) is 116 cm³/mol. The molecule has 1 heterocycles. The maximum absolute atomic E-state index is 12.7. The van der Waals surface area contributed by atoms with Crippen LogP contribution in [-0.2, 0) is 24.2 Å². The number of esters is 1. The van der Waals surface area contributed by atoms with Crippen LogP contribution in [0.1, 0.15) is 27.4 Å². The van der Waals surface area contributed by atoms with E-state index in [9.17, 15) is 4.79 Å². The van der Waals surface area contributed by atoms with E-state index in [0.717, 1.165) is 29.7 Å². The first kappa shape index (κ1) is 20.3. The molecule has 156 valence electrons. The zero-order chi connectivity index (χ0) is 21.5. The molecule has 4 rings (SSSR count). The zero-order valence-corrected chi connectivity index (χ0v) is 17.2. The molecule has 31 heavy (non-hydrogen) atoms. The highest BCUT2D eigenvalue weighted by atomic mass is 16.6. The van der Waals surface area contributed by atoms with Gasteiger partial charge in [-0.1, -0.05) is 53.7 Å². The van der Waals surface area contributed by atoms with Gasteiger partial charge >= 0.3 is 5.97 Å². The number of ether oxygens (including phenoxy) is 2. The van der Waals surface area contributed by atoms with Crippen LogP contribution in [0.4, 0.5) is 0 Å². The number of rotatable bonds is 8. The monoisotopic (exact) mass is 414 g/mol. The molecule has 0 amide bonds. The Hall–Kier alpha value is -3.93. The van der Waals surface area contributed by atoms with Crippen molar-refractivity contribution in [2.24, 2.45) is 0 Å². The maximum Gasteiger partial charge on any atom is 0.338 e. The first-order chi connectivity index (χ1) is 15.2. The van der Waals surface area contributed by atoms with Gasteiger partial charge in [0.1, 0.15) is 5.75 Å². The van der Waals surface area contributed by atoms with Gasteiger partial charge in [-0.05, 0) is 54.3 Å². The number of nitrogens with zero attached hydrogens (tertiary/aromatic N) is 2. The molecule has 0 spiro atoms. The molecule has 0 aliphatic rings. The smallest absolute Gasteiger partial charge is 0.338 e. The fourth-order valence-electron chi connectivity index (χ4n) is 3.24. The molecule has 0 atom stereocenters. The van der Waals surface area contributed by atoms with Crippen LogP contribution in [0.5, 0.6) is 5.75 Å². The van der Waals surface area contributed by atoms with Gasteiger partial charge in [-0.15, -0.1) is 0 Å². The summed E-state index contributed by atoms with van der Waals surface area (Å²) in [4.78, 5) is 17.0. The van der Waals surface area contributed by atoms with Gasteiger partial charge in [0.15, 0.2) is 6.61 Å². The third-order valence-corrected chi connectivity index (χ3v) is 4.91. The van der Waals surface area contributed by atoms with E-state index in [1.807, 2.05) is 60.7 Å². The maximum atomic E-state index is 12.7. The molecule has 0 saturated heterocycles. The topological polar surface area (TPSA) is 74.5 Å². The van der Waals surface area contributed by atoms with Gasteiger partial charge in [0.2, 0.25) is 5.82 Å². The Bertz CT molecular complexity index is 1140. The van der Waals surface area contributed by atoms with Crippen LogP contribution in [0.25, 0.3) is 11.4 Å². The number of aryl methyl sites for hydroxylation is 2. The Labute approximate surface area is 180 Å². The lowest BCUT2D eigenvalue weighted by molar-refractivity contribution is 0.0428. The number of benzene rings is 3. The predicted octanol–water partition coefficient (Wildman–Crippen LogP) is 4.89. The van der Waals surface area contributed by atoms with Crippen molar-refractivity contribution in [3.05, 3.63) is 101 Å². The first-order valence-corrected chi connectivity index (χ1v) is 9.99. The van der Waals surface area contributed by atoms with E-state index in [-0.39, 0.29) is 12.5 Å². The molecule has 6 nitrogen and oxygen atoms in total. The van der Waals surface area contributed by atoms with Crippen LogP contribution >= 0.6 is 0 Å². The van der Waals surface area contributed by atoms with Crippen LogP contribution in [0.3, 0.4) is 0 Å². The highest BCUT2D eigenvalue weighted by molar-refractivity contribution is 5.91. The molecule has 4 aromatic rings. The van der Waals surface area contributed by atoms with E-state index in [4.69, 9.17) is 14.0 Å². The van der Waals surface area contributed by atoms with Crippen LogP contribution in [0.2, 0.25) is 0 Å². The fraction of sp³-hybridized carbons (Fsp3) is 0.160. The summed E-state index contributed by atoms with van der Waals surface area (Å²) in [6.45, 7) is -0.0883. The number of aromatic nitrogens is 2. The number of carbonyl (C=O) groups excluding carboxylic acids is 1. The number of methoxy groups -OCH3 is 1. The highest BCUT2D eigenvalue weighted by Gasteiger charge is 2.15. The quantitative estimate of drug-likeness (QED) is 0.382. The molecule has 6 heteroatoms. The lowest BCUT2D eigenvalue weighted by Crippen LogP contribution is -2.09. The van der Waals surface area contributed by atoms with E-state index in [0.29, 0.717) is 11.4 Å². The number of hydrogen-bond acceptors (Lipinski definition) is 6. The van der Waals surface area contributed by atoms with Gasteiger partial charge in [0.25, 0.3) is 5.89 Å². The molecular formula is C25H22N2O4. The van der Waals surface area contributed by atoms with Crippen molar-refractivity contribution < 1.29 is 18.8 Å². The van der Waals surface area contributed by atoms with Gasteiger partial charge < -0.3 is 14.0 Å². The fourth-order valence-corrected chi connectivity index (χ4v) is 3.24. The van der Waals surface area contributed by atoms with Crippen LogP contribution in [0, 0.1) is 0 Å². The molecule has 0 saturated carbocycles. The summed E-state index contributed by atoms with van der Waals surface area (Å²) in [5.41, 5.74) is 3.50. The van der Waals surface area contributed by atoms with Crippen LogP contribution in [0.15, 0.2) is 83.4 Å². The van der Waals surface area contributed by atoms with Crippen molar-refractivity contribution >= 4 is 5.97 Å². The average Bonchev–Trinajstić information content (AvgIpc) is 3.31. The van der Waals surface area contributed by atoms with Crippen molar-refractivity contribution in [1.82, 2.24) is 10.1 Å². The molecule has 0 aliphatic carbocycles. The summed E-state index contributed by atoms with van der Waals surface area (Å²) in [5, 5.41) is 3.95.